The normalized spacial score (nSPS) is 11.1. The number of hydrogen-bond donors (Lipinski definition) is 1. The van der Waals surface area contributed by atoms with Crippen LogP contribution in [0.2, 0.25) is 0 Å². The lowest BCUT2D eigenvalue weighted by molar-refractivity contribution is 0.0911. The van der Waals surface area contributed by atoms with E-state index >= 15 is 0 Å². The van der Waals surface area contributed by atoms with Crippen molar-refractivity contribution in [3.05, 3.63) is 69.3 Å². The van der Waals surface area contributed by atoms with Crippen molar-refractivity contribution < 1.29 is 4.79 Å². The van der Waals surface area contributed by atoms with Gasteiger partial charge in [0.05, 0.1) is 11.1 Å². The van der Waals surface area contributed by atoms with E-state index < -0.39 is 5.54 Å². The molecule has 1 amide bonds. The van der Waals surface area contributed by atoms with Gasteiger partial charge in [-0.15, -0.1) is 0 Å². The van der Waals surface area contributed by atoms with Crippen LogP contribution in [0.25, 0.3) is 0 Å². The monoisotopic (exact) mass is 365 g/mol. The van der Waals surface area contributed by atoms with E-state index in [-0.39, 0.29) is 5.91 Å². The van der Waals surface area contributed by atoms with Gasteiger partial charge in [-0.05, 0) is 54.1 Å². The molecule has 0 radical (unpaired) electrons. The van der Waals surface area contributed by atoms with Crippen LogP contribution in [0.5, 0.6) is 0 Å². The van der Waals surface area contributed by atoms with Gasteiger partial charge in [-0.2, -0.15) is 0 Å². The number of benzene rings is 2. The van der Waals surface area contributed by atoms with Crippen molar-refractivity contribution in [2.75, 3.05) is 0 Å². The zero-order valence-corrected chi connectivity index (χ0v) is 13.1. The van der Waals surface area contributed by atoms with Crippen LogP contribution < -0.4 is 5.32 Å². The molecule has 0 unspecified atom stereocenters. The molecule has 0 saturated carbocycles. The van der Waals surface area contributed by atoms with Crippen molar-refractivity contribution in [3.63, 3.8) is 0 Å². The summed E-state index contributed by atoms with van der Waals surface area (Å²) in [6.07, 6.45) is 0. The van der Waals surface area contributed by atoms with E-state index in [0.717, 1.165) is 9.13 Å². The minimum Gasteiger partial charge on any atom is -0.343 e. The molecule has 0 aromatic heterocycles. The molecule has 0 saturated heterocycles. The lowest BCUT2D eigenvalue weighted by Crippen LogP contribution is -2.41. The fourth-order valence-corrected chi connectivity index (χ4v) is 2.56. The Bertz CT molecular complexity index is 578. The van der Waals surface area contributed by atoms with E-state index in [1.807, 2.05) is 68.4 Å². The molecule has 0 spiro atoms. The summed E-state index contributed by atoms with van der Waals surface area (Å²) in [7, 11) is 0. The van der Waals surface area contributed by atoms with Crippen LogP contribution in [0.4, 0.5) is 0 Å². The summed E-state index contributed by atoms with van der Waals surface area (Å²) in [4.78, 5) is 12.3. The minimum absolute atomic E-state index is 0.0427. The number of carbonyl (C=O) groups is 1. The highest BCUT2D eigenvalue weighted by Gasteiger charge is 2.23. The first-order valence-electron chi connectivity index (χ1n) is 6.13. The predicted molar refractivity (Wildman–Crippen MR) is 86.1 cm³/mol. The van der Waals surface area contributed by atoms with Gasteiger partial charge in [0.1, 0.15) is 0 Å². The van der Waals surface area contributed by atoms with Gasteiger partial charge >= 0.3 is 0 Å². The Hall–Kier alpha value is -1.36. The molecule has 0 bridgehead atoms. The van der Waals surface area contributed by atoms with Crippen LogP contribution in [0, 0.1) is 3.57 Å². The molecule has 1 N–H and O–H groups in total. The molecular formula is C16H16INO. The Morgan fingerprint density at radius 1 is 1.00 bits per heavy atom. The molecule has 0 heterocycles. The van der Waals surface area contributed by atoms with E-state index in [4.69, 9.17) is 0 Å². The second kappa shape index (κ2) is 5.74. The topological polar surface area (TPSA) is 29.1 Å². The standard InChI is InChI=1S/C16H16INO/c1-16(2,12-8-4-3-5-9-12)18-15(19)13-10-6-7-11-14(13)17/h3-11H,1-2H3,(H,18,19). The van der Waals surface area contributed by atoms with E-state index in [1.54, 1.807) is 0 Å². The predicted octanol–water partition coefficient (Wildman–Crippen LogP) is 3.96. The molecular weight excluding hydrogens is 349 g/mol. The Morgan fingerprint density at radius 3 is 2.21 bits per heavy atom. The highest BCUT2D eigenvalue weighted by molar-refractivity contribution is 14.1. The third-order valence-corrected chi connectivity index (χ3v) is 3.98. The second-order valence-electron chi connectivity index (χ2n) is 4.92. The molecule has 19 heavy (non-hydrogen) atoms. The molecule has 0 fully saturated rings. The highest BCUT2D eigenvalue weighted by atomic mass is 127. The van der Waals surface area contributed by atoms with Crippen molar-refractivity contribution >= 4 is 28.5 Å². The minimum atomic E-state index is -0.392. The number of carbonyl (C=O) groups excluding carboxylic acids is 1. The fourth-order valence-electron chi connectivity index (χ4n) is 1.92. The summed E-state index contributed by atoms with van der Waals surface area (Å²) in [6, 6.07) is 17.6. The van der Waals surface area contributed by atoms with Crippen molar-refractivity contribution in [2.24, 2.45) is 0 Å². The molecule has 0 atom stereocenters. The number of amides is 1. The van der Waals surface area contributed by atoms with E-state index in [1.165, 1.54) is 0 Å². The maximum atomic E-state index is 12.3. The zero-order chi connectivity index (χ0) is 13.9. The van der Waals surface area contributed by atoms with Gasteiger partial charge in [0, 0.05) is 3.57 Å². The lowest BCUT2D eigenvalue weighted by atomic mass is 9.94. The maximum absolute atomic E-state index is 12.3. The number of nitrogens with one attached hydrogen (secondary N) is 1. The van der Waals surface area contributed by atoms with E-state index in [0.29, 0.717) is 5.56 Å². The second-order valence-corrected chi connectivity index (χ2v) is 6.09. The average Bonchev–Trinajstić information content (AvgIpc) is 2.39. The van der Waals surface area contributed by atoms with E-state index in [2.05, 4.69) is 27.9 Å². The van der Waals surface area contributed by atoms with Crippen LogP contribution in [-0.2, 0) is 5.54 Å². The zero-order valence-electron chi connectivity index (χ0n) is 11.0. The van der Waals surface area contributed by atoms with Crippen LogP contribution in [0.3, 0.4) is 0 Å². The van der Waals surface area contributed by atoms with Crippen LogP contribution in [0.15, 0.2) is 54.6 Å². The lowest BCUT2D eigenvalue weighted by Gasteiger charge is -2.27. The van der Waals surface area contributed by atoms with Crippen LogP contribution in [-0.4, -0.2) is 5.91 Å². The summed E-state index contributed by atoms with van der Waals surface area (Å²) < 4.78 is 0.960. The van der Waals surface area contributed by atoms with Crippen molar-refractivity contribution in [2.45, 2.75) is 19.4 Å². The van der Waals surface area contributed by atoms with Crippen LogP contribution >= 0.6 is 22.6 Å². The SMILES string of the molecule is CC(C)(NC(=O)c1ccccc1I)c1ccccc1. The Morgan fingerprint density at radius 2 is 1.58 bits per heavy atom. The molecule has 0 aliphatic heterocycles. The average molecular weight is 365 g/mol. The summed E-state index contributed by atoms with van der Waals surface area (Å²) in [6.45, 7) is 4.02. The van der Waals surface area contributed by atoms with Crippen molar-refractivity contribution in [3.8, 4) is 0 Å². The Labute approximate surface area is 127 Å². The maximum Gasteiger partial charge on any atom is 0.253 e. The smallest absolute Gasteiger partial charge is 0.253 e. The van der Waals surface area contributed by atoms with E-state index in [9.17, 15) is 4.79 Å². The Kier molecular flexibility index (Phi) is 4.24. The quantitative estimate of drug-likeness (QED) is 0.820. The number of rotatable bonds is 3. The molecule has 98 valence electrons. The molecule has 2 rings (SSSR count). The van der Waals surface area contributed by atoms with Gasteiger partial charge in [-0.25, -0.2) is 0 Å². The Balaban J connectivity index is 2.22. The third kappa shape index (κ3) is 3.35. The third-order valence-electron chi connectivity index (χ3n) is 3.04. The highest BCUT2D eigenvalue weighted by Crippen LogP contribution is 2.21. The molecule has 2 aromatic rings. The summed E-state index contributed by atoms with van der Waals surface area (Å²) >= 11 is 2.18. The van der Waals surface area contributed by atoms with Gasteiger partial charge in [0.25, 0.3) is 5.91 Å². The summed E-state index contributed by atoms with van der Waals surface area (Å²) in [5, 5.41) is 3.09. The van der Waals surface area contributed by atoms with Crippen molar-refractivity contribution in [1.82, 2.24) is 5.32 Å². The summed E-state index contributed by atoms with van der Waals surface area (Å²) in [5.74, 6) is -0.0427. The molecule has 0 aliphatic carbocycles. The number of halogens is 1. The largest absolute Gasteiger partial charge is 0.343 e. The first kappa shape index (κ1) is 14.1. The van der Waals surface area contributed by atoms with Gasteiger partial charge in [-0.3, -0.25) is 4.79 Å². The number of hydrogen-bond acceptors (Lipinski definition) is 1. The van der Waals surface area contributed by atoms with Gasteiger partial charge < -0.3 is 5.32 Å². The fraction of sp³-hybridized carbons (Fsp3) is 0.188. The van der Waals surface area contributed by atoms with Gasteiger partial charge in [0.15, 0.2) is 0 Å². The first-order valence-corrected chi connectivity index (χ1v) is 7.21. The van der Waals surface area contributed by atoms with Crippen LogP contribution in [0.1, 0.15) is 29.8 Å². The van der Waals surface area contributed by atoms with Gasteiger partial charge in [-0.1, -0.05) is 42.5 Å². The summed E-state index contributed by atoms with van der Waals surface area (Å²) in [5.41, 5.74) is 1.42. The molecule has 3 heteroatoms. The van der Waals surface area contributed by atoms with Gasteiger partial charge in [0.2, 0.25) is 0 Å². The molecule has 0 aliphatic rings. The molecule has 2 nitrogen and oxygen atoms in total. The van der Waals surface area contributed by atoms with Crippen molar-refractivity contribution in [1.29, 1.82) is 0 Å². The first-order chi connectivity index (χ1) is 9.00. The molecule has 2 aromatic carbocycles.